The summed E-state index contributed by atoms with van der Waals surface area (Å²) in [7, 11) is 0. The van der Waals surface area contributed by atoms with Crippen molar-refractivity contribution in [3.05, 3.63) is 18.2 Å². The first-order valence-corrected chi connectivity index (χ1v) is 7.71. The molecule has 1 amide bonds. The monoisotopic (exact) mass is 278 g/mol. The van der Waals surface area contributed by atoms with Crippen molar-refractivity contribution in [2.45, 2.75) is 30.2 Å². The van der Waals surface area contributed by atoms with Crippen LogP contribution in [0.3, 0.4) is 0 Å². The Kier molecular flexibility index (Phi) is 3.94. The van der Waals surface area contributed by atoms with Crippen molar-refractivity contribution < 1.29 is 9.53 Å². The number of carbonyl (C=O) groups excluding carboxylic acids is 1. The van der Waals surface area contributed by atoms with Gasteiger partial charge in [-0.05, 0) is 37.5 Å². The molecule has 0 saturated carbocycles. The molecule has 1 fully saturated rings. The molecule has 2 aliphatic rings. The second-order valence-corrected chi connectivity index (χ2v) is 5.95. The molecule has 0 bridgehead atoms. The van der Waals surface area contributed by atoms with Gasteiger partial charge in [-0.1, -0.05) is 0 Å². The van der Waals surface area contributed by atoms with Crippen LogP contribution < -0.4 is 10.6 Å². The summed E-state index contributed by atoms with van der Waals surface area (Å²) in [6, 6.07) is 6.67. The second-order valence-electron chi connectivity index (χ2n) is 4.93. The third-order valence-electron chi connectivity index (χ3n) is 3.44. The van der Waals surface area contributed by atoms with Gasteiger partial charge >= 0.3 is 0 Å². The predicted molar refractivity (Wildman–Crippen MR) is 77.9 cm³/mol. The van der Waals surface area contributed by atoms with E-state index in [9.17, 15) is 4.79 Å². The molecule has 0 spiro atoms. The SMILES string of the molecule is O=C1CSc2ccc(NC3CCCOCC3)cc2N1. The van der Waals surface area contributed by atoms with E-state index in [2.05, 4.69) is 22.8 Å². The van der Waals surface area contributed by atoms with Gasteiger partial charge in [0.15, 0.2) is 0 Å². The molecule has 1 unspecified atom stereocenters. The molecule has 2 aliphatic heterocycles. The van der Waals surface area contributed by atoms with Gasteiger partial charge in [0.05, 0.1) is 11.4 Å². The third-order valence-corrected chi connectivity index (χ3v) is 4.51. The van der Waals surface area contributed by atoms with E-state index in [0.717, 1.165) is 48.7 Å². The Hall–Kier alpha value is -1.20. The highest BCUT2D eigenvalue weighted by molar-refractivity contribution is 8.00. The van der Waals surface area contributed by atoms with Gasteiger partial charge < -0.3 is 15.4 Å². The third kappa shape index (κ3) is 3.22. The molecular formula is C14H18N2O2S. The Bertz CT molecular complexity index is 471. The summed E-state index contributed by atoms with van der Waals surface area (Å²) in [6.07, 6.45) is 3.28. The van der Waals surface area contributed by atoms with E-state index in [1.807, 2.05) is 6.07 Å². The second kappa shape index (κ2) is 5.84. The molecule has 1 saturated heterocycles. The molecular weight excluding hydrogens is 260 g/mol. The zero-order chi connectivity index (χ0) is 13.1. The number of amides is 1. The van der Waals surface area contributed by atoms with Crippen LogP contribution in [0.2, 0.25) is 0 Å². The number of benzene rings is 1. The number of hydrogen-bond donors (Lipinski definition) is 2. The van der Waals surface area contributed by atoms with Gasteiger partial charge in [-0.2, -0.15) is 0 Å². The summed E-state index contributed by atoms with van der Waals surface area (Å²) in [5.41, 5.74) is 2.00. The minimum absolute atomic E-state index is 0.0810. The molecule has 0 aliphatic carbocycles. The van der Waals surface area contributed by atoms with Crippen molar-refractivity contribution in [1.29, 1.82) is 0 Å². The summed E-state index contributed by atoms with van der Waals surface area (Å²) >= 11 is 1.60. The first-order chi connectivity index (χ1) is 9.31. The van der Waals surface area contributed by atoms with Crippen molar-refractivity contribution >= 4 is 29.0 Å². The smallest absolute Gasteiger partial charge is 0.234 e. The standard InChI is InChI=1S/C14H18N2O2S/c17-14-9-19-13-4-3-11(8-12(13)16-14)15-10-2-1-6-18-7-5-10/h3-4,8,10,15H,1-2,5-7,9H2,(H,16,17). The van der Waals surface area contributed by atoms with Gasteiger partial charge in [-0.3, -0.25) is 4.79 Å². The number of hydrogen-bond acceptors (Lipinski definition) is 4. The van der Waals surface area contributed by atoms with Crippen molar-refractivity contribution in [2.75, 3.05) is 29.6 Å². The van der Waals surface area contributed by atoms with Gasteiger partial charge in [-0.15, -0.1) is 11.8 Å². The van der Waals surface area contributed by atoms with Crippen molar-refractivity contribution in [3.8, 4) is 0 Å². The van der Waals surface area contributed by atoms with Crippen molar-refractivity contribution in [2.24, 2.45) is 0 Å². The average Bonchev–Trinajstić information content (AvgIpc) is 2.67. The Labute approximate surface area is 117 Å². The molecule has 2 heterocycles. The van der Waals surface area contributed by atoms with Gasteiger partial charge in [0.25, 0.3) is 0 Å². The lowest BCUT2D eigenvalue weighted by atomic mass is 10.1. The van der Waals surface area contributed by atoms with Crippen LogP contribution in [0.4, 0.5) is 11.4 Å². The lowest BCUT2D eigenvalue weighted by molar-refractivity contribution is -0.113. The Morgan fingerprint density at radius 1 is 1.32 bits per heavy atom. The Morgan fingerprint density at radius 2 is 2.26 bits per heavy atom. The molecule has 4 nitrogen and oxygen atoms in total. The average molecular weight is 278 g/mol. The minimum Gasteiger partial charge on any atom is -0.382 e. The van der Waals surface area contributed by atoms with E-state index in [0.29, 0.717) is 11.8 Å². The molecule has 102 valence electrons. The fourth-order valence-corrected chi connectivity index (χ4v) is 3.25. The lowest BCUT2D eigenvalue weighted by Gasteiger charge is -2.20. The van der Waals surface area contributed by atoms with E-state index in [1.54, 1.807) is 11.8 Å². The summed E-state index contributed by atoms with van der Waals surface area (Å²) < 4.78 is 5.47. The highest BCUT2D eigenvalue weighted by Crippen LogP contribution is 2.33. The van der Waals surface area contributed by atoms with E-state index < -0.39 is 0 Å². The minimum atomic E-state index is 0.0810. The van der Waals surface area contributed by atoms with Crippen LogP contribution in [0.5, 0.6) is 0 Å². The number of ether oxygens (including phenoxy) is 1. The molecule has 1 atom stereocenters. The lowest BCUT2D eigenvalue weighted by Crippen LogP contribution is -2.21. The number of anilines is 2. The van der Waals surface area contributed by atoms with Crippen LogP contribution in [0, 0.1) is 0 Å². The van der Waals surface area contributed by atoms with Crippen LogP contribution in [0.25, 0.3) is 0 Å². The zero-order valence-corrected chi connectivity index (χ0v) is 11.6. The largest absolute Gasteiger partial charge is 0.382 e. The number of rotatable bonds is 2. The van der Waals surface area contributed by atoms with Gasteiger partial charge in [-0.25, -0.2) is 0 Å². The molecule has 1 aromatic rings. The molecule has 1 aromatic carbocycles. The van der Waals surface area contributed by atoms with Crippen LogP contribution >= 0.6 is 11.8 Å². The van der Waals surface area contributed by atoms with Gasteiger partial charge in [0, 0.05) is 29.8 Å². The maximum absolute atomic E-state index is 11.4. The fraction of sp³-hybridized carbons (Fsp3) is 0.500. The quantitative estimate of drug-likeness (QED) is 0.873. The summed E-state index contributed by atoms with van der Waals surface area (Å²) in [5.74, 6) is 0.595. The number of carbonyl (C=O) groups is 1. The maximum atomic E-state index is 11.4. The Balaban J connectivity index is 1.71. The zero-order valence-electron chi connectivity index (χ0n) is 10.8. The topological polar surface area (TPSA) is 50.4 Å². The van der Waals surface area contributed by atoms with E-state index in [4.69, 9.17) is 4.74 Å². The highest BCUT2D eigenvalue weighted by atomic mass is 32.2. The predicted octanol–water partition coefficient (Wildman–Crippen LogP) is 2.71. The molecule has 5 heteroatoms. The fourth-order valence-electron chi connectivity index (χ4n) is 2.46. The number of nitrogens with one attached hydrogen (secondary N) is 2. The molecule has 19 heavy (non-hydrogen) atoms. The van der Waals surface area contributed by atoms with Crippen LogP contribution in [0.15, 0.2) is 23.1 Å². The summed E-state index contributed by atoms with van der Waals surface area (Å²) in [4.78, 5) is 12.6. The number of thioether (sulfide) groups is 1. The normalized spacial score (nSPS) is 23.2. The van der Waals surface area contributed by atoms with Gasteiger partial charge in [0.1, 0.15) is 0 Å². The summed E-state index contributed by atoms with van der Waals surface area (Å²) in [5, 5.41) is 6.47. The molecule has 2 N–H and O–H groups in total. The van der Waals surface area contributed by atoms with Crippen LogP contribution in [0.1, 0.15) is 19.3 Å². The first-order valence-electron chi connectivity index (χ1n) is 6.72. The molecule has 3 rings (SSSR count). The molecule has 0 aromatic heterocycles. The Morgan fingerprint density at radius 3 is 3.21 bits per heavy atom. The maximum Gasteiger partial charge on any atom is 0.234 e. The number of fused-ring (bicyclic) bond motifs is 1. The van der Waals surface area contributed by atoms with E-state index in [1.165, 1.54) is 0 Å². The van der Waals surface area contributed by atoms with E-state index >= 15 is 0 Å². The van der Waals surface area contributed by atoms with Crippen molar-refractivity contribution in [1.82, 2.24) is 0 Å². The van der Waals surface area contributed by atoms with Crippen LogP contribution in [-0.4, -0.2) is 30.9 Å². The van der Waals surface area contributed by atoms with Gasteiger partial charge in [0.2, 0.25) is 5.91 Å². The highest BCUT2D eigenvalue weighted by Gasteiger charge is 2.17. The molecule has 0 radical (unpaired) electrons. The van der Waals surface area contributed by atoms with E-state index in [-0.39, 0.29) is 5.91 Å². The first kappa shape index (κ1) is 12.8. The van der Waals surface area contributed by atoms with Crippen molar-refractivity contribution in [3.63, 3.8) is 0 Å². The van der Waals surface area contributed by atoms with Crippen LogP contribution in [-0.2, 0) is 9.53 Å². The summed E-state index contributed by atoms with van der Waals surface area (Å²) in [6.45, 7) is 1.70.